The van der Waals surface area contributed by atoms with Crippen molar-refractivity contribution < 1.29 is 13.5 Å². The van der Waals surface area contributed by atoms with Crippen LogP contribution in [0.15, 0.2) is 29.1 Å². The van der Waals surface area contributed by atoms with E-state index in [0.717, 1.165) is 18.6 Å². The Bertz CT molecular complexity index is 761. The normalized spacial score (nSPS) is 16.8. The second-order valence-electron chi connectivity index (χ2n) is 5.29. The minimum absolute atomic E-state index is 0.00263. The highest BCUT2D eigenvalue weighted by Crippen LogP contribution is 2.20. The van der Waals surface area contributed by atoms with Gasteiger partial charge in [-0.15, -0.1) is 0 Å². The maximum atomic E-state index is 13.1. The molecule has 0 fully saturated rings. The number of benzene rings is 1. The van der Waals surface area contributed by atoms with Crippen LogP contribution in [-0.4, -0.2) is 15.6 Å². The molecule has 0 unspecified atom stereocenters. The lowest BCUT2D eigenvalue weighted by Crippen LogP contribution is -2.34. The van der Waals surface area contributed by atoms with Gasteiger partial charge in [-0.3, -0.25) is 4.57 Å². The third-order valence-corrected chi connectivity index (χ3v) is 3.54. The molecule has 0 aliphatic carbocycles. The summed E-state index contributed by atoms with van der Waals surface area (Å²) in [5.74, 6) is -1.04. The Morgan fingerprint density at radius 1 is 1.36 bits per heavy atom. The Balaban J connectivity index is 1.78. The van der Waals surface area contributed by atoms with Crippen LogP contribution in [0.3, 0.4) is 0 Å². The van der Waals surface area contributed by atoms with Crippen LogP contribution in [0.5, 0.6) is 5.88 Å². The molecule has 1 atom stereocenters. The van der Waals surface area contributed by atoms with Crippen molar-refractivity contribution in [3.05, 3.63) is 51.9 Å². The van der Waals surface area contributed by atoms with E-state index >= 15 is 0 Å². The van der Waals surface area contributed by atoms with E-state index in [0.29, 0.717) is 17.9 Å². The average Bonchev–Trinajstić information content (AvgIpc) is 2.48. The van der Waals surface area contributed by atoms with Crippen molar-refractivity contribution in [2.24, 2.45) is 0 Å². The van der Waals surface area contributed by atoms with Crippen molar-refractivity contribution >= 4 is 5.82 Å². The molecule has 3 rings (SSSR count). The summed E-state index contributed by atoms with van der Waals surface area (Å²) >= 11 is 0. The second-order valence-corrected chi connectivity index (χ2v) is 5.29. The molecular weight excluding hydrogens is 292 g/mol. The van der Waals surface area contributed by atoms with Crippen LogP contribution in [0.4, 0.5) is 14.6 Å². The number of aromatic nitrogens is 2. The standard InChI is InChI=1S/C15H15F2N3O2/c1-9-4-5-20-13(18-9)7-14(19-15(20)21)22-8-10-2-3-11(16)12(17)6-10/h2-3,6-7,9,18H,4-5,8H2,1H3/t9-/m1/s1. The molecule has 2 aromatic rings. The first-order valence-corrected chi connectivity index (χ1v) is 6.98. The predicted octanol–water partition coefficient (Wildman–Crippen LogP) is 2.30. The molecule has 0 spiro atoms. The zero-order chi connectivity index (χ0) is 15.7. The fourth-order valence-electron chi connectivity index (χ4n) is 2.33. The summed E-state index contributed by atoms with van der Waals surface area (Å²) in [4.78, 5) is 15.8. The summed E-state index contributed by atoms with van der Waals surface area (Å²) in [6.45, 7) is 2.64. The summed E-state index contributed by atoms with van der Waals surface area (Å²) in [6, 6.07) is 5.41. The zero-order valence-electron chi connectivity index (χ0n) is 12.0. The van der Waals surface area contributed by atoms with E-state index in [2.05, 4.69) is 10.3 Å². The summed E-state index contributed by atoms with van der Waals surface area (Å²) in [6.07, 6.45) is 0.851. The van der Waals surface area contributed by atoms with E-state index < -0.39 is 17.3 Å². The number of fused-ring (bicyclic) bond motifs is 1. The molecule has 1 aliphatic heterocycles. The molecule has 22 heavy (non-hydrogen) atoms. The molecule has 2 heterocycles. The highest BCUT2D eigenvalue weighted by molar-refractivity contribution is 5.41. The Kier molecular flexibility index (Phi) is 3.79. The molecule has 0 radical (unpaired) electrons. The smallest absolute Gasteiger partial charge is 0.352 e. The van der Waals surface area contributed by atoms with Crippen molar-refractivity contribution in [1.29, 1.82) is 0 Å². The van der Waals surface area contributed by atoms with E-state index in [1.165, 1.54) is 6.07 Å². The van der Waals surface area contributed by atoms with E-state index in [4.69, 9.17) is 4.74 Å². The largest absolute Gasteiger partial charge is 0.473 e. The van der Waals surface area contributed by atoms with Crippen LogP contribution in [0.2, 0.25) is 0 Å². The van der Waals surface area contributed by atoms with Crippen LogP contribution >= 0.6 is 0 Å². The van der Waals surface area contributed by atoms with Crippen molar-refractivity contribution in [2.75, 3.05) is 5.32 Å². The average molecular weight is 307 g/mol. The minimum Gasteiger partial charge on any atom is -0.473 e. The van der Waals surface area contributed by atoms with Gasteiger partial charge >= 0.3 is 5.69 Å². The van der Waals surface area contributed by atoms with Gasteiger partial charge in [0.1, 0.15) is 12.4 Å². The van der Waals surface area contributed by atoms with Gasteiger partial charge in [0.25, 0.3) is 0 Å². The fraction of sp³-hybridized carbons (Fsp3) is 0.333. The van der Waals surface area contributed by atoms with E-state index in [9.17, 15) is 13.6 Å². The number of nitrogens with one attached hydrogen (secondary N) is 1. The Morgan fingerprint density at radius 2 is 2.18 bits per heavy atom. The molecule has 0 bridgehead atoms. The van der Waals surface area contributed by atoms with Gasteiger partial charge < -0.3 is 10.1 Å². The van der Waals surface area contributed by atoms with Gasteiger partial charge in [0.15, 0.2) is 11.6 Å². The molecule has 1 aromatic heterocycles. The number of anilines is 1. The minimum atomic E-state index is -0.935. The van der Waals surface area contributed by atoms with Gasteiger partial charge in [-0.1, -0.05) is 6.07 Å². The first kappa shape index (κ1) is 14.5. The Labute approximate surface area is 125 Å². The summed E-state index contributed by atoms with van der Waals surface area (Å²) in [7, 11) is 0. The maximum Gasteiger partial charge on any atom is 0.352 e. The number of hydrogen-bond donors (Lipinski definition) is 1. The van der Waals surface area contributed by atoms with Crippen LogP contribution in [0.25, 0.3) is 0 Å². The maximum absolute atomic E-state index is 13.1. The van der Waals surface area contributed by atoms with Gasteiger partial charge in [0.2, 0.25) is 5.88 Å². The van der Waals surface area contributed by atoms with Crippen molar-refractivity contribution in [3.63, 3.8) is 0 Å². The third kappa shape index (κ3) is 2.93. The number of hydrogen-bond acceptors (Lipinski definition) is 4. The fourth-order valence-corrected chi connectivity index (χ4v) is 2.33. The summed E-state index contributed by atoms with van der Waals surface area (Å²) in [5, 5.41) is 3.19. The van der Waals surface area contributed by atoms with Gasteiger partial charge in [-0.25, -0.2) is 13.6 Å². The van der Waals surface area contributed by atoms with Crippen molar-refractivity contribution in [2.45, 2.75) is 32.5 Å². The quantitative estimate of drug-likeness (QED) is 0.945. The third-order valence-electron chi connectivity index (χ3n) is 3.54. The van der Waals surface area contributed by atoms with E-state index in [-0.39, 0.29) is 18.5 Å². The number of ether oxygens (including phenoxy) is 1. The highest BCUT2D eigenvalue weighted by atomic mass is 19.2. The van der Waals surface area contributed by atoms with Gasteiger partial charge in [0, 0.05) is 18.7 Å². The van der Waals surface area contributed by atoms with Crippen molar-refractivity contribution in [1.82, 2.24) is 9.55 Å². The van der Waals surface area contributed by atoms with Gasteiger partial charge in [0.05, 0.1) is 0 Å². The first-order valence-electron chi connectivity index (χ1n) is 6.98. The van der Waals surface area contributed by atoms with E-state index in [1.807, 2.05) is 6.92 Å². The SMILES string of the molecule is C[C@@H]1CCn2c(cc(OCc3ccc(F)c(F)c3)nc2=O)N1. The highest BCUT2D eigenvalue weighted by Gasteiger charge is 2.17. The predicted molar refractivity (Wildman–Crippen MR) is 76.9 cm³/mol. The Hall–Kier alpha value is -2.44. The lowest BCUT2D eigenvalue weighted by molar-refractivity contribution is 0.289. The second kappa shape index (κ2) is 5.75. The molecule has 116 valence electrons. The lowest BCUT2D eigenvalue weighted by atomic mass is 10.2. The van der Waals surface area contributed by atoms with Crippen LogP contribution in [0, 0.1) is 11.6 Å². The molecule has 5 nitrogen and oxygen atoms in total. The van der Waals surface area contributed by atoms with Crippen LogP contribution in [-0.2, 0) is 13.2 Å². The molecule has 1 aromatic carbocycles. The topological polar surface area (TPSA) is 56.2 Å². The number of rotatable bonds is 3. The van der Waals surface area contributed by atoms with Gasteiger partial charge in [-0.05, 0) is 31.0 Å². The molecule has 0 saturated heterocycles. The number of nitrogens with zero attached hydrogens (tertiary/aromatic N) is 2. The lowest BCUT2D eigenvalue weighted by Gasteiger charge is -2.25. The molecular formula is C15H15F2N3O2. The van der Waals surface area contributed by atoms with Gasteiger partial charge in [-0.2, -0.15) is 4.98 Å². The van der Waals surface area contributed by atoms with E-state index in [1.54, 1.807) is 10.6 Å². The monoisotopic (exact) mass is 307 g/mol. The molecule has 7 heteroatoms. The Morgan fingerprint density at radius 3 is 2.95 bits per heavy atom. The zero-order valence-corrected chi connectivity index (χ0v) is 12.0. The van der Waals surface area contributed by atoms with Crippen LogP contribution < -0.4 is 15.7 Å². The van der Waals surface area contributed by atoms with Crippen LogP contribution in [0.1, 0.15) is 18.9 Å². The van der Waals surface area contributed by atoms with Crippen molar-refractivity contribution in [3.8, 4) is 5.88 Å². The molecule has 1 aliphatic rings. The molecule has 0 amide bonds. The first-order chi connectivity index (χ1) is 10.5. The summed E-state index contributed by atoms with van der Waals surface area (Å²) in [5.41, 5.74) is 0.0667. The number of halogens is 2. The molecule has 1 N–H and O–H groups in total. The summed E-state index contributed by atoms with van der Waals surface area (Å²) < 4.78 is 32.9. The molecule has 0 saturated carbocycles.